The Hall–Kier alpha value is -0.580. The normalized spacial score (nSPS) is 23.7. The van der Waals surface area contributed by atoms with Gasteiger partial charge in [-0.3, -0.25) is 4.79 Å². The van der Waals surface area contributed by atoms with E-state index in [-0.39, 0.29) is 18.1 Å². The molecule has 2 rings (SSSR count). The molecule has 0 bridgehead atoms. The molecule has 1 aromatic rings. The maximum atomic E-state index is 11.9. The van der Waals surface area contributed by atoms with Gasteiger partial charge in [0, 0.05) is 10.2 Å². The first-order valence-electron chi connectivity index (χ1n) is 5.47. The standard InChI is InChI=1S/C12H13BrClNO2/c1-7-2-5-11(17-7)12(16)15-8-3-4-10(14)9(13)6-8/h3-4,6-7,11H,2,5H2,1H3,(H,15,16). The largest absolute Gasteiger partial charge is 0.365 e. The maximum absolute atomic E-state index is 11.9. The number of carbonyl (C=O) groups is 1. The van der Waals surface area contributed by atoms with Crippen molar-refractivity contribution >= 4 is 39.1 Å². The van der Waals surface area contributed by atoms with Crippen molar-refractivity contribution in [3.8, 4) is 0 Å². The summed E-state index contributed by atoms with van der Waals surface area (Å²) in [5.41, 5.74) is 0.717. The fraction of sp³-hybridized carbons (Fsp3) is 0.417. The quantitative estimate of drug-likeness (QED) is 0.904. The van der Waals surface area contributed by atoms with E-state index in [2.05, 4.69) is 21.2 Å². The van der Waals surface area contributed by atoms with Gasteiger partial charge in [-0.05, 0) is 53.9 Å². The molecule has 2 atom stereocenters. The second-order valence-electron chi connectivity index (χ2n) is 4.13. The molecule has 1 amide bonds. The van der Waals surface area contributed by atoms with E-state index < -0.39 is 0 Å². The van der Waals surface area contributed by atoms with Crippen LogP contribution in [0.3, 0.4) is 0 Å². The Kier molecular flexibility index (Phi) is 4.07. The molecule has 17 heavy (non-hydrogen) atoms. The first-order chi connectivity index (χ1) is 8.06. The van der Waals surface area contributed by atoms with Crippen molar-refractivity contribution in [3.05, 3.63) is 27.7 Å². The lowest BCUT2D eigenvalue weighted by Crippen LogP contribution is -2.27. The van der Waals surface area contributed by atoms with Crippen molar-refractivity contribution < 1.29 is 9.53 Å². The van der Waals surface area contributed by atoms with Crippen molar-refractivity contribution in [1.29, 1.82) is 0 Å². The summed E-state index contributed by atoms with van der Waals surface area (Å²) < 4.78 is 6.26. The van der Waals surface area contributed by atoms with Gasteiger partial charge in [0.2, 0.25) is 0 Å². The molecular formula is C12H13BrClNO2. The van der Waals surface area contributed by atoms with Crippen LogP contribution in [0.15, 0.2) is 22.7 Å². The van der Waals surface area contributed by atoms with Gasteiger partial charge in [-0.1, -0.05) is 11.6 Å². The minimum atomic E-state index is -0.334. The Labute approximate surface area is 114 Å². The Balaban J connectivity index is 2.00. The highest BCUT2D eigenvalue weighted by Gasteiger charge is 2.28. The molecule has 0 saturated carbocycles. The molecule has 0 spiro atoms. The van der Waals surface area contributed by atoms with Gasteiger partial charge in [-0.15, -0.1) is 0 Å². The van der Waals surface area contributed by atoms with E-state index in [1.165, 1.54) is 0 Å². The van der Waals surface area contributed by atoms with Gasteiger partial charge in [0.25, 0.3) is 5.91 Å². The van der Waals surface area contributed by atoms with Crippen LogP contribution in [0.4, 0.5) is 5.69 Å². The molecule has 1 aliphatic rings. The molecule has 1 aliphatic heterocycles. The highest BCUT2D eigenvalue weighted by Crippen LogP contribution is 2.26. The predicted molar refractivity (Wildman–Crippen MR) is 71.4 cm³/mol. The van der Waals surface area contributed by atoms with Crippen molar-refractivity contribution in [2.24, 2.45) is 0 Å². The van der Waals surface area contributed by atoms with E-state index >= 15 is 0 Å². The van der Waals surface area contributed by atoms with Crippen LogP contribution in [0.25, 0.3) is 0 Å². The third kappa shape index (κ3) is 3.21. The molecule has 1 saturated heterocycles. The Morgan fingerprint density at radius 1 is 1.53 bits per heavy atom. The van der Waals surface area contributed by atoms with E-state index in [0.717, 1.165) is 23.0 Å². The molecule has 1 heterocycles. The zero-order valence-electron chi connectivity index (χ0n) is 9.37. The fourth-order valence-corrected chi connectivity index (χ4v) is 2.29. The third-order valence-corrected chi connectivity index (χ3v) is 3.93. The summed E-state index contributed by atoms with van der Waals surface area (Å²) in [5.74, 6) is -0.0939. The molecule has 2 unspecified atom stereocenters. The van der Waals surface area contributed by atoms with Gasteiger partial charge >= 0.3 is 0 Å². The summed E-state index contributed by atoms with van der Waals surface area (Å²) in [6.07, 6.45) is 1.55. The van der Waals surface area contributed by atoms with Crippen LogP contribution in [0.1, 0.15) is 19.8 Å². The third-order valence-electron chi connectivity index (χ3n) is 2.71. The molecule has 0 radical (unpaired) electrons. The lowest BCUT2D eigenvalue weighted by Gasteiger charge is -2.12. The molecule has 1 fully saturated rings. The summed E-state index contributed by atoms with van der Waals surface area (Å²) in [5, 5.41) is 3.44. The molecule has 0 aliphatic carbocycles. The Morgan fingerprint density at radius 2 is 2.29 bits per heavy atom. The van der Waals surface area contributed by atoms with Gasteiger partial charge in [-0.25, -0.2) is 0 Å². The van der Waals surface area contributed by atoms with E-state index in [0.29, 0.717) is 5.02 Å². The van der Waals surface area contributed by atoms with Crippen LogP contribution in [0, 0.1) is 0 Å². The van der Waals surface area contributed by atoms with Gasteiger partial charge in [0.1, 0.15) is 6.10 Å². The number of ether oxygens (including phenoxy) is 1. The molecule has 92 valence electrons. The lowest BCUT2D eigenvalue weighted by atomic mass is 10.2. The van der Waals surface area contributed by atoms with Crippen LogP contribution in [-0.4, -0.2) is 18.1 Å². The summed E-state index contributed by atoms with van der Waals surface area (Å²) in [6.45, 7) is 1.98. The van der Waals surface area contributed by atoms with E-state index in [4.69, 9.17) is 16.3 Å². The van der Waals surface area contributed by atoms with Gasteiger partial charge < -0.3 is 10.1 Å². The highest BCUT2D eigenvalue weighted by molar-refractivity contribution is 9.10. The SMILES string of the molecule is CC1CCC(C(=O)Nc2ccc(Cl)c(Br)c2)O1. The molecule has 5 heteroatoms. The zero-order valence-corrected chi connectivity index (χ0v) is 11.7. The zero-order chi connectivity index (χ0) is 12.4. The predicted octanol–water partition coefficient (Wildman–Crippen LogP) is 3.61. The number of hydrogen-bond donors (Lipinski definition) is 1. The molecular weight excluding hydrogens is 305 g/mol. The molecule has 1 aromatic carbocycles. The average Bonchev–Trinajstić information content (AvgIpc) is 2.70. The van der Waals surface area contributed by atoms with Crippen LogP contribution in [-0.2, 0) is 9.53 Å². The topological polar surface area (TPSA) is 38.3 Å². The van der Waals surface area contributed by atoms with Gasteiger partial charge in [0.15, 0.2) is 0 Å². The number of carbonyl (C=O) groups excluding carboxylic acids is 1. The Morgan fingerprint density at radius 3 is 2.88 bits per heavy atom. The van der Waals surface area contributed by atoms with Crippen LogP contribution < -0.4 is 5.32 Å². The average molecular weight is 319 g/mol. The number of hydrogen-bond acceptors (Lipinski definition) is 2. The molecule has 1 N–H and O–H groups in total. The summed E-state index contributed by atoms with van der Waals surface area (Å²) >= 11 is 9.19. The second-order valence-corrected chi connectivity index (χ2v) is 5.39. The lowest BCUT2D eigenvalue weighted by molar-refractivity contribution is -0.126. The minimum Gasteiger partial charge on any atom is -0.365 e. The van der Waals surface area contributed by atoms with Crippen LogP contribution >= 0.6 is 27.5 Å². The number of rotatable bonds is 2. The summed E-state index contributed by atoms with van der Waals surface area (Å²) in [6, 6.07) is 5.28. The fourth-order valence-electron chi connectivity index (χ4n) is 1.79. The number of benzene rings is 1. The van der Waals surface area contributed by atoms with E-state index in [1.807, 2.05) is 6.92 Å². The van der Waals surface area contributed by atoms with E-state index in [9.17, 15) is 4.79 Å². The van der Waals surface area contributed by atoms with Gasteiger partial charge in [0.05, 0.1) is 11.1 Å². The Bertz CT molecular complexity index is 439. The number of halogens is 2. The minimum absolute atomic E-state index is 0.0939. The second kappa shape index (κ2) is 5.38. The summed E-state index contributed by atoms with van der Waals surface area (Å²) in [4.78, 5) is 11.9. The van der Waals surface area contributed by atoms with Crippen LogP contribution in [0.5, 0.6) is 0 Å². The van der Waals surface area contributed by atoms with Crippen molar-refractivity contribution in [2.45, 2.75) is 32.0 Å². The first-order valence-corrected chi connectivity index (χ1v) is 6.65. The first kappa shape index (κ1) is 12.9. The molecule has 3 nitrogen and oxygen atoms in total. The maximum Gasteiger partial charge on any atom is 0.253 e. The van der Waals surface area contributed by atoms with Gasteiger partial charge in [-0.2, -0.15) is 0 Å². The van der Waals surface area contributed by atoms with Crippen molar-refractivity contribution in [2.75, 3.05) is 5.32 Å². The summed E-state index contributed by atoms with van der Waals surface area (Å²) in [7, 11) is 0. The molecule has 0 aromatic heterocycles. The van der Waals surface area contributed by atoms with Crippen molar-refractivity contribution in [3.63, 3.8) is 0 Å². The number of anilines is 1. The highest BCUT2D eigenvalue weighted by atomic mass is 79.9. The number of amides is 1. The van der Waals surface area contributed by atoms with Crippen molar-refractivity contribution in [1.82, 2.24) is 0 Å². The van der Waals surface area contributed by atoms with Crippen LogP contribution in [0.2, 0.25) is 5.02 Å². The van der Waals surface area contributed by atoms with E-state index in [1.54, 1.807) is 18.2 Å². The smallest absolute Gasteiger partial charge is 0.253 e. The monoisotopic (exact) mass is 317 g/mol. The number of nitrogens with one attached hydrogen (secondary N) is 1.